The molecule has 1 amide bonds. The fourth-order valence-corrected chi connectivity index (χ4v) is 3.04. The van der Waals surface area contributed by atoms with Gasteiger partial charge < -0.3 is 9.88 Å². The summed E-state index contributed by atoms with van der Waals surface area (Å²) in [5, 5.41) is 2.93. The topological polar surface area (TPSA) is 46.9 Å². The second-order valence-corrected chi connectivity index (χ2v) is 6.12. The van der Waals surface area contributed by atoms with E-state index in [0.717, 1.165) is 32.6 Å². The molecule has 0 spiro atoms. The Hall–Kier alpha value is -2.14. The molecule has 0 aliphatic heterocycles. The van der Waals surface area contributed by atoms with E-state index in [2.05, 4.69) is 26.2 Å². The van der Waals surface area contributed by atoms with Crippen LogP contribution in [0.4, 0.5) is 5.69 Å². The van der Waals surface area contributed by atoms with Gasteiger partial charge in [-0.05, 0) is 59.6 Å². The van der Waals surface area contributed by atoms with Gasteiger partial charge in [0.25, 0.3) is 0 Å². The Labute approximate surface area is 137 Å². The van der Waals surface area contributed by atoms with Crippen LogP contribution in [0.3, 0.4) is 0 Å². The minimum absolute atomic E-state index is 0.0733. The highest BCUT2D eigenvalue weighted by atomic mass is 79.9. The number of aryl methyl sites for hydroxylation is 2. The van der Waals surface area contributed by atoms with Crippen LogP contribution >= 0.6 is 15.9 Å². The number of halogens is 1. The molecular formula is C17H16BrN3O. The molecule has 2 aromatic carbocycles. The number of nitrogens with zero attached hydrogens (tertiary/aromatic N) is 2. The lowest BCUT2D eigenvalue weighted by Crippen LogP contribution is -2.19. The number of para-hydroxylation sites is 2. The lowest BCUT2D eigenvalue weighted by molar-refractivity contribution is -0.116. The smallest absolute Gasteiger partial charge is 0.244 e. The van der Waals surface area contributed by atoms with Crippen LogP contribution in [0.25, 0.3) is 11.0 Å². The lowest BCUT2D eigenvalue weighted by Gasteiger charge is -2.10. The minimum atomic E-state index is -0.0733. The maximum absolute atomic E-state index is 12.3. The molecule has 112 valence electrons. The van der Waals surface area contributed by atoms with E-state index in [4.69, 9.17) is 0 Å². The van der Waals surface area contributed by atoms with Gasteiger partial charge in [-0.2, -0.15) is 0 Å². The van der Waals surface area contributed by atoms with Crippen molar-refractivity contribution in [2.24, 2.45) is 0 Å². The number of fused-ring (bicyclic) bond motifs is 1. The third kappa shape index (κ3) is 2.90. The first-order valence-electron chi connectivity index (χ1n) is 7.02. The predicted molar refractivity (Wildman–Crippen MR) is 92.0 cm³/mol. The molecule has 4 nitrogen and oxygen atoms in total. The average Bonchev–Trinajstić information content (AvgIpc) is 2.78. The Kier molecular flexibility index (Phi) is 3.98. The summed E-state index contributed by atoms with van der Waals surface area (Å²) in [6.45, 7) is 4.17. The first-order chi connectivity index (χ1) is 10.5. The highest BCUT2D eigenvalue weighted by Crippen LogP contribution is 2.23. The van der Waals surface area contributed by atoms with E-state index < -0.39 is 0 Å². The monoisotopic (exact) mass is 357 g/mol. The van der Waals surface area contributed by atoms with E-state index in [1.54, 1.807) is 0 Å². The van der Waals surface area contributed by atoms with Crippen molar-refractivity contribution in [1.29, 1.82) is 0 Å². The number of rotatable bonds is 3. The summed E-state index contributed by atoms with van der Waals surface area (Å²) in [5.41, 5.74) is 3.79. The molecule has 3 rings (SSSR count). The highest BCUT2D eigenvalue weighted by Gasteiger charge is 2.11. The van der Waals surface area contributed by atoms with E-state index in [0.29, 0.717) is 0 Å². The number of amides is 1. The van der Waals surface area contributed by atoms with Gasteiger partial charge in [-0.25, -0.2) is 4.98 Å². The number of aromatic nitrogens is 2. The molecule has 0 atom stereocenters. The number of carbonyl (C=O) groups excluding carboxylic acids is 1. The van der Waals surface area contributed by atoms with Gasteiger partial charge >= 0.3 is 0 Å². The van der Waals surface area contributed by atoms with Gasteiger partial charge in [0.05, 0.1) is 16.7 Å². The first-order valence-corrected chi connectivity index (χ1v) is 7.82. The molecule has 1 heterocycles. The fourth-order valence-electron chi connectivity index (χ4n) is 2.45. The molecule has 1 N–H and O–H groups in total. The maximum Gasteiger partial charge on any atom is 0.244 e. The van der Waals surface area contributed by atoms with Gasteiger partial charge in [-0.1, -0.05) is 18.2 Å². The van der Waals surface area contributed by atoms with Gasteiger partial charge in [0.1, 0.15) is 12.4 Å². The zero-order valence-electron chi connectivity index (χ0n) is 12.4. The molecule has 0 saturated heterocycles. The van der Waals surface area contributed by atoms with E-state index in [1.807, 2.05) is 60.9 Å². The Morgan fingerprint density at radius 3 is 2.77 bits per heavy atom. The number of anilines is 1. The van der Waals surface area contributed by atoms with Crippen molar-refractivity contribution in [3.63, 3.8) is 0 Å². The van der Waals surface area contributed by atoms with Gasteiger partial charge in [-0.3, -0.25) is 4.79 Å². The summed E-state index contributed by atoms with van der Waals surface area (Å²) in [5.74, 6) is 0.759. The van der Waals surface area contributed by atoms with Crippen molar-refractivity contribution in [2.45, 2.75) is 20.4 Å². The number of hydrogen-bond donors (Lipinski definition) is 1. The Bertz CT molecular complexity index is 854. The van der Waals surface area contributed by atoms with Crippen LogP contribution in [0, 0.1) is 13.8 Å². The summed E-state index contributed by atoms with van der Waals surface area (Å²) in [6, 6.07) is 13.7. The Morgan fingerprint density at radius 1 is 1.23 bits per heavy atom. The normalized spacial score (nSPS) is 10.9. The standard InChI is InChI=1S/C17H16BrN3O/c1-11-7-8-14(13(18)9-11)20-17(22)10-21-12(2)19-15-5-3-4-6-16(15)21/h3-9H,10H2,1-2H3,(H,20,22). The first kappa shape index (κ1) is 14.8. The van der Waals surface area contributed by atoms with Crippen LogP contribution in [0.1, 0.15) is 11.4 Å². The molecule has 0 aliphatic carbocycles. The molecule has 0 fully saturated rings. The van der Waals surface area contributed by atoms with Crippen molar-refractivity contribution in [3.8, 4) is 0 Å². The SMILES string of the molecule is Cc1ccc(NC(=O)Cn2c(C)nc3ccccc32)c(Br)c1. The number of carbonyl (C=O) groups is 1. The van der Waals surface area contributed by atoms with E-state index in [9.17, 15) is 4.79 Å². The van der Waals surface area contributed by atoms with Crippen molar-refractivity contribution in [3.05, 3.63) is 58.3 Å². The van der Waals surface area contributed by atoms with Crippen LogP contribution in [-0.4, -0.2) is 15.5 Å². The Balaban J connectivity index is 1.83. The predicted octanol–water partition coefficient (Wildman–Crippen LogP) is 4.05. The van der Waals surface area contributed by atoms with Gasteiger partial charge in [-0.15, -0.1) is 0 Å². The zero-order valence-corrected chi connectivity index (χ0v) is 14.0. The van der Waals surface area contributed by atoms with Crippen LogP contribution in [0.2, 0.25) is 0 Å². The summed E-state index contributed by atoms with van der Waals surface area (Å²) in [4.78, 5) is 16.8. The van der Waals surface area contributed by atoms with E-state index >= 15 is 0 Å². The minimum Gasteiger partial charge on any atom is -0.324 e. The second-order valence-electron chi connectivity index (χ2n) is 5.27. The van der Waals surface area contributed by atoms with Crippen molar-refractivity contribution >= 4 is 38.6 Å². The van der Waals surface area contributed by atoms with Gasteiger partial charge in [0.2, 0.25) is 5.91 Å². The zero-order chi connectivity index (χ0) is 15.7. The number of imidazole rings is 1. The number of nitrogens with one attached hydrogen (secondary N) is 1. The lowest BCUT2D eigenvalue weighted by atomic mass is 10.2. The summed E-state index contributed by atoms with van der Waals surface area (Å²) in [6.07, 6.45) is 0. The molecular weight excluding hydrogens is 342 g/mol. The van der Waals surface area contributed by atoms with Crippen LogP contribution in [0.15, 0.2) is 46.9 Å². The third-order valence-corrected chi connectivity index (χ3v) is 4.20. The maximum atomic E-state index is 12.3. The fraction of sp³-hybridized carbons (Fsp3) is 0.176. The average molecular weight is 358 g/mol. The molecule has 0 bridgehead atoms. The highest BCUT2D eigenvalue weighted by molar-refractivity contribution is 9.10. The molecule has 0 saturated carbocycles. The van der Waals surface area contributed by atoms with Crippen LogP contribution in [0.5, 0.6) is 0 Å². The van der Waals surface area contributed by atoms with Crippen molar-refractivity contribution in [1.82, 2.24) is 9.55 Å². The van der Waals surface area contributed by atoms with Gasteiger partial charge in [0, 0.05) is 4.47 Å². The van der Waals surface area contributed by atoms with E-state index in [-0.39, 0.29) is 12.5 Å². The summed E-state index contributed by atoms with van der Waals surface area (Å²) in [7, 11) is 0. The molecule has 3 aromatic rings. The largest absolute Gasteiger partial charge is 0.324 e. The summed E-state index contributed by atoms with van der Waals surface area (Å²) >= 11 is 3.47. The molecule has 0 radical (unpaired) electrons. The molecule has 5 heteroatoms. The second kappa shape index (κ2) is 5.93. The number of hydrogen-bond acceptors (Lipinski definition) is 2. The Morgan fingerprint density at radius 2 is 2.00 bits per heavy atom. The van der Waals surface area contributed by atoms with Crippen molar-refractivity contribution in [2.75, 3.05) is 5.32 Å². The number of benzene rings is 2. The quantitative estimate of drug-likeness (QED) is 0.768. The van der Waals surface area contributed by atoms with Crippen molar-refractivity contribution < 1.29 is 4.79 Å². The van der Waals surface area contributed by atoms with Crippen LogP contribution < -0.4 is 5.32 Å². The van der Waals surface area contributed by atoms with E-state index in [1.165, 1.54) is 0 Å². The molecule has 0 aliphatic rings. The summed E-state index contributed by atoms with van der Waals surface area (Å²) < 4.78 is 2.81. The molecule has 1 aromatic heterocycles. The molecule has 22 heavy (non-hydrogen) atoms. The van der Waals surface area contributed by atoms with Crippen LogP contribution in [-0.2, 0) is 11.3 Å². The molecule has 0 unspecified atom stereocenters. The van der Waals surface area contributed by atoms with Gasteiger partial charge in [0.15, 0.2) is 0 Å². The third-order valence-electron chi connectivity index (χ3n) is 3.55.